The Morgan fingerprint density at radius 1 is 1.27 bits per heavy atom. The summed E-state index contributed by atoms with van der Waals surface area (Å²) in [7, 11) is 0. The van der Waals surface area contributed by atoms with Gasteiger partial charge in [0.1, 0.15) is 6.04 Å². The summed E-state index contributed by atoms with van der Waals surface area (Å²) in [6.07, 6.45) is 0.156. The fourth-order valence-electron chi connectivity index (χ4n) is 0.873. The van der Waals surface area contributed by atoms with Gasteiger partial charge >= 0.3 is 18.0 Å². The van der Waals surface area contributed by atoms with Gasteiger partial charge < -0.3 is 15.9 Å². The summed E-state index contributed by atoms with van der Waals surface area (Å²) in [5.74, 6) is -2.18. The first kappa shape index (κ1) is 13.2. The molecule has 15 heavy (non-hydrogen) atoms. The van der Waals surface area contributed by atoms with E-state index in [-0.39, 0.29) is 19.3 Å². The Balaban J connectivity index is 3.88. The van der Waals surface area contributed by atoms with Crippen LogP contribution in [0.4, 0.5) is 4.79 Å². The minimum atomic E-state index is -1.19. The lowest BCUT2D eigenvalue weighted by atomic mass is 10.1. The topological polar surface area (TPSA) is 142 Å². The van der Waals surface area contributed by atoms with E-state index in [1.807, 2.05) is 5.43 Å². The van der Waals surface area contributed by atoms with E-state index >= 15 is 0 Å². The molecular formula is C7H13N3O5. The van der Waals surface area contributed by atoms with E-state index in [1.165, 1.54) is 0 Å². The van der Waals surface area contributed by atoms with Gasteiger partial charge in [0.15, 0.2) is 0 Å². The minimum Gasteiger partial charge on any atom is -0.481 e. The van der Waals surface area contributed by atoms with Crippen LogP contribution in [-0.4, -0.2) is 34.2 Å². The number of aliphatic carboxylic acids is 2. The zero-order chi connectivity index (χ0) is 11.8. The predicted octanol–water partition coefficient (Wildman–Crippen LogP) is -1.13. The summed E-state index contributed by atoms with van der Waals surface area (Å²) in [6.45, 7) is 0. The van der Waals surface area contributed by atoms with Crippen molar-refractivity contribution in [2.24, 2.45) is 5.73 Å². The molecule has 0 fully saturated rings. The molecule has 0 aliphatic rings. The molecule has 0 aliphatic heterocycles. The van der Waals surface area contributed by atoms with Crippen molar-refractivity contribution in [3.63, 3.8) is 0 Å². The molecule has 8 heteroatoms. The smallest absolute Gasteiger partial charge is 0.326 e. The Labute approximate surface area is 85.4 Å². The number of hydrogen-bond donors (Lipinski definition) is 5. The minimum absolute atomic E-state index is 0.0852. The first-order chi connectivity index (χ1) is 6.93. The van der Waals surface area contributed by atoms with Gasteiger partial charge in [-0.05, 0) is 12.8 Å². The highest BCUT2D eigenvalue weighted by Gasteiger charge is 2.17. The molecule has 0 heterocycles. The third-order valence-corrected chi connectivity index (χ3v) is 1.55. The molecule has 0 aromatic heterocycles. The van der Waals surface area contributed by atoms with Crippen molar-refractivity contribution in [3.8, 4) is 0 Å². The van der Waals surface area contributed by atoms with Crippen LogP contribution in [0.25, 0.3) is 0 Å². The van der Waals surface area contributed by atoms with Crippen molar-refractivity contribution < 1.29 is 24.6 Å². The van der Waals surface area contributed by atoms with Gasteiger partial charge in [-0.15, -0.1) is 0 Å². The molecule has 0 unspecified atom stereocenters. The van der Waals surface area contributed by atoms with Crippen molar-refractivity contribution in [3.05, 3.63) is 0 Å². The summed E-state index contributed by atoms with van der Waals surface area (Å²) in [4.78, 5) is 31.0. The molecule has 86 valence electrons. The van der Waals surface area contributed by atoms with Crippen LogP contribution >= 0.6 is 0 Å². The second-order valence-electron chi connectivity index (χ2n) is 2.81. The van der Waals surface area contributed by atoms with Crippen molar-refractivity contribution >= 4 is 18.0 Å². The first-order valence-corrected chi connectivity index (χ1v) is 4.19. The Kier molecular flexibility index (Phi) is 5.79. The number of carboxylic acids is 2. The number of nitrogens with two attached hydrogens (primary N) is 1. The molecule has 8 nitrogen and oxygen atoms in total. The van der Waals surface area contributed by atoms with E-state index in [1.54, 1.807) is 0 Å². The lowest BCUT2D eigenvalue weighted by molar-refractivity contribution is -0.141. The molecule has 0 aromatic rings. The van der Waals surface area contributed by atoms with Crippen LogP contribution in [0.15, 0.2) is 0 Å². The van der Waals surface area contributed by atoms with E-state index in [2.05, 4.69) is 5.43 Å². The average molecular weight is 219 g/mol. The number of amides is 2. The molecule has 2 amide bonds. The quantitative estimate of drug-likeness (QED) is 0.343. The highest BCUT2D eigenvalue weighted by Crippen LogP contribution is 2.00. The van der Waals surface area contributed by atoms with Crippen LogP contribution in [0.3, 0.4) is 0 Å². The van der Waals surface area contributed by atoms with Gasteiger partial charge in [-0.2, -0.15) is 0 Å². The monoisotopic (exact) mass is 219 g/mol. The normalized spacial score (nSPS) is 11.7. The predicted molar refractivity (Wildman–Crippen MR) is 48.8 cm³/mol. The molecular weight excluding hydrogens is 206 g/mol. The molecule has 0 radical (unpaired) electrons. The van der Waals surface area contributed by atoms with Crippen LogP contribution < -0.4 is 16.6 Å². The highest BCUT2D eigenvalue weighted by atomic mass is 16.4. The third-order valence-electron chi connectivity index (χ3n) is 1.55. The maximum absolute atomic E-state index is 10.6. The van der Waals surface area contributed by atoms with Crippen LogP contribution in [-0.2, 0) is 9.59 Å². The number of hydrazine groups is 1. The van der Waals surface area contributed by atoms with E-state index in [0.717, 1.165) is 0 Å². The fourth-order valence-corrected chi connectivity index (χ4v) is 0.873. The number of primary amides is 1. The van der Waals surface area contributed by atoms with E-state index in [0.29, 0.717) is 0 Å². The van der Waals surface area contributed by atoms with Gasteiger partial charge in [-0.25, -0.2) is 10.2 Å². The lowest BCUT2D eigenvalue weighted by Crippen LogP contribution is -2.50. The maximum Gasteiger partial charge on any atom is 0.326 e. The summed E-state index contributed by atoms with van der Waals surface area (Å²) >= 11 is 0. The largest absolute Gasteiger partial charge is 0.481 e. The lowest BCUT2D eigenvalue weighted by Gasteiger charge is -2.13. The molecule has 0 bridgehead atoms. The van der Waals surface area contributed by atoms with Crippen molar-refractivity contribution in [2.45, 2.75) is 25.3 Å². The van der Waals surface area contributed by atoms with Gasteiger partial charge in [0.05, 0.1) is 0 Å². The Morgan fingerprint density at radius 2 is 1.87 bits per heavy atom. The average Bonchev–Trinajstić information content (AvgIpc) is 2.09. The van der Waals surface area contributed by atoms with Gasteiger partial charge in [-0.1, -0.05) is 0 Å². The zero-order valence-corrected chi connectivity index (χ0v) is 7.90. The molecule has 0 rings (SSSR count). The fraction of sp³-hybridized carbons (Fsp3) is 0.571. The molecule has 6 N–H and O–H groups in total. The number of rotatable bonds is 7. The number of carbonyl (C=O) groups excluding carboxylic acids is 1. The molecule has 0 spiro atoms. The molecule has 1 atom stereocenters. The number of carboxylic acid groups (broad SMARTS) is 2. The van der Waals surface area contributed by atoms with Crippen molar-refractivity contribution in [1.82, 2.24) is 10.9 Å². The standard InChI is InChI=1S/C7H13N3O5/c8-7(15)10-9-4(6(13)14)2-1-3-5(11)12/h4,9H,1-3H2,(H,11,12)(H,13,14)(H3,8,10,15)/t4-/m0/s1. The van der Waals surface area contributed by atoms with E-state index in [9.17, 15) is 14.4 Å². The Morgan fingerprint density at radius 3 is 2.27 bits per heavy atom. The van der Waals surface area contributed by atoms with Crippen molar-refractivity contribution in [2.75, 3.05) is 0 Å². The number of urea groups is 1. The second kappa shape index (κ2) is 6.60. The summed E-state index contributed by atoms with van der Waals surface area (Å²) < 4.78 is 0. The summed E-state index contributed by atoms with van der Waals surface area (Å²) in [6, 6.07) is -1.95. The number of nitrogens with one attached hydrogen (secondary N) is 2. The van der Waals surface area contributed by atoms with Gasteiger partial charge in [0, 0.05) is 6.42 Å². The van der Waals surface area contributed by atoms with Crippen LogP contribution in [0.5, 0.6) is 0 Å². The SMILES string of the molecule is NC(=O)NN[C@@H](CCCC(=O)O)C(=O)O. The van der Waals surface area contributed by atoms with E-state index < -0.39 is 24.0 Å². The molecule has 0 saturated carbocycles. The van der Waals surface area contributed by atoms with Gasteiger partial charge in [0.2, 0.25) is 0 Å². The molecule has 0 saturated heterocycles. The van der Waals surface area contributed by atoms with Crippen molar-refractivity contribution in [1.29, 1.82) is 0 Å². The zero-order valence-electron chi connectivity index (χ0n) is 7.90. The van der Waals surface area contributed by atoms with Gasteiger partial charge in [0.25, 0.3) is 0 Å². The number of carbonyl (C=O) groups is 3. The van der Waals surface area contributed by atoms with Gasteiger partial charge in [-0.3, -0.25) is 15.0 Å². The second-order valence-corrected chi connectivity index (χ2v) is 2.81. The van der Waals surface area contributed by atoms with Crippen LogP contribution in [0.2, 0.25) is 0 Å². The Bertz CT molecular complexity index is 255. The van der Waals surface area contributed by atoms with Crippen LogP contribution in [0.1, 0.15) is 19.3 Å². The third kappa shape index (κ3) is 7.26. The van der Waals surface area contributed by atoms with Crippen LogP contribution in [0, 0.1) is 0 Å². The maximum atomic E-state index is 10.6. The first-order valence-electron chi connectivity index (χ1n) is 4.19. The number of hydrogen-bond acceptors (Lipinski definition) is 4. The molecule has 0 aliphatic carbocycles. The molecule has 0 aromatic carbocycles. The Hall–Kier alpha value is -1.83. The summed E-state index contributed by atoms with van der Waals surface area (Å²) in [5.41, 5.74) is 8.82. The van der Waals surface area contributed by atoms with E-state index in [4.69, 9.17) is 15.9 Å². The highest BCUT2D eigenvalue weighted by molar-refractivity contribution is 5.75. The summed E-state index contributed by atoms with van der Waals surface area (Å²) in [5, 5.41) is 17.0.